The molecule has 0 aliphatic carbocycles. The van der Waals surface area contributed by atoms with Crippen LogP contribution in [0.25, 0.3) is 0 Å². The molecule has 0 saturated heterocycles. The van der Waals surface area contributed by atoms with Gasteiger partial charge in [-0.25, -0.2) is 9.98 Å². The van der Waals surface area contributed by atoms with Gasteiger partial charge in [0.2, 0.25) is 0 Å². The van der Waals surface area contributed by atoms with E-state index < -0.39 is 12.3 Å². The van der Waals surface area contributed by atoms with Gasteiger partial charge in [-0.3, -0.25) is 4.79 Å². The molecule has 7 nitrogen and oxygen atoms in total. The monoisotopic (exact) mass is 423 g/mol. The predicted octanol–water partition coefficient (Wildman–Crippen LogP) is 3.32. The Labute approximate surface area is 169 Å². The van der Waals surface area contributed by atoms with E-state index in [0.717, 1.165) is 18.2 Å². The van der Waals surface area contributed by atoms with Gasteiger partial charge in [0.1, 0.15) is 17.9 Å². The lowest BCUT2D eigenvalue weighted by Crippen LogP contribution is -2.16. The van der Waals surface area contributed by atoms with Gasteiger partial charge < -0.3 is 21.5 Å². The highest BCUT2D eigenvalue weighted by Crippen LogP contribution is 2.24. The lowest BCUT2D eigenvalue weighted by atomic mass is 10.2. The highest BCUT2D eigenvalue weighted by Gasteiger charge is 2.30. The number of alkyl halides is 3. The number of anilines is 1. The lowest BCUT2D eigenvalue weighted by Gasteiger charge is -2.08. The molecule has 11 heteroatoms. The number of carbonyl (C=O) groups excluding carboxylic acids is 1. The molecule has 0 atom stereocenters. The molecule has 2 rings (SSSR count). The van der Waals surface area contributed by atoms with Crippen molar-refractivity contribution >= 4 is 42.1 Å². The normalized spacial score (nSPS) is 12.8. The van der Waals surface area contributed by atoms with E-state index in [4.69, 9.17) is 11.5 Å². The zero-order chi connectivity index (χ0) is 21.4. The molecule has 0 spiro atoms. The number of rotatable bonds is 6. The second-order valence-electron chi connectivity index (χ2n) is 5.44. The molecule has 1 amide bonds. The lowest BCUT2D eigenvalue weighted by molar-refractivity contribution is -0.274. The minimum atomic E-state index is -4.75. The van der Waals surface area contributed by atoms with Crippen molar-refractivity contribution in [3.8, 4) is 5.75 Å². The van der Waals surface area contributed by atoms with Gasteiger partial charge >= 0.3 is 6.36 Å². The summed E-state index contributed by atoms with van der Waals surface area (Å²) in [6.45, 7) is 0. The number of nitrogens with one attached hydrogen (secondary N) is 1. The number of hydrogen-bond donors (Lipinski definition) is 4. The van der Waals surface area contributed by atoms with Crippen LogP contribution in [0.15, 0.2) is 69.6 Å². The summed E-state index contributed by atoms with van der Waals surface area (Å²) in [6, 6.07) is 11.5. The number of amidine groups is 1. The molecule has 0 radical (unpaired) electrons. The average molecular weight is 423 g/mol. The molecule has 0 aliphatic heterocycles. The van der Waals surface area contributed by atoms with E-state index in [2.05, 4.69) is 32.7 Å². The fourth-order valence-corrected chi connectivity index (χ4v) is 2.12. The largest absolute Gasteiger partial charge is 0.573 e. The third-order valence-corrected chi connectivity index (χ3v) is 3.33. The van der Waals surface area contributed by atoms with Gasteiger partial charge in [0.25, 0.3) is 5.91 Å². The van der Waals surface area contributed by atoms with Gasteiger partial charge in [0, 0.05) is 17.3 Å². The van der Waals surface area contributed by atoms with Crippen LogP contribution in [0.2, 0.25) is 0 Å². The maximum Gasteiger partial charge on any atom is 0.573 e. The van der Waals surface area contributed by atoms with E-state index in [1.165, 1.54) is 18.5 Å². The smallest absolute Gasteiger partial charge is 0.406 e. The summed E-state index contributed by atoms with van der Waals surface area (Å²) in [7, 11) is 0. The summed E-state index contributed by atoms with van der Waals surface area (Å²) >= 11 is 3.81. The SMILES string of the molecule is NC(=NC=Nc1ccc(OC(F)(F)F)cc1)c1ccc(NC(=O)/C=C(/N)S)cc1. The number of amides is 1. The van der Waals surface area contributed by atoms with Crippen molar-refractivity contribution in [3.05, 3.63) is 65.2 Å². The molecular formula is C18H16F3N5O2S. The summed E-state index contributed by atoms with van der Waals surface area (Å²) in [5.41, 5.74) is 12.6. The summed E-state index contributed by atoms with van der Waals surface area (Å²) in [5.74, 6) is -0.618. The highest BCUT2D eigenvalue weighted by atomic mass is 32.1. The summed E-state index contributed by atoms with van der Waals surface area (Å²) < 4.78 is 40.1. The number of benzene rings is 2. The Kier molecular flexibility index (Phi) is 7.26. The first-order valence-corrected chi connectivity index (χ1v) is 8.36. The number of nitrogens with two attached hydrogens (primary N) is 2. The molecule has 2 aromatic rings. The average Bonchev–Trinajstić information content (AvgIpc) is 2.61. The molecule has 0 unspecified atom stereocenters. The third-order valence-electron chi connectivity index (χ3n) is 3.20. The minimum absolute atomic E-state index is 0.0808. The number of ether oxygens (including phenoxy) is 1. The van der Waals surface area contributed by atoms with E-state index >= 15 is 0 Å². The second-order valence-corrected chi connectivity index (χ2v) is 5.95. The van der Waals surface area contributed by atoms with Crippen molar-refractivity contribution in [3.63, 3.8) is 0 Å². The van der Waals surface area contributed by atoms with Crippen LogP contribution in [0.4, 0.5) is 24.5 Å². The van der Waals surface area contributed by atoms with Gasteiger partial charge in [-0.15, -0.1) is 25.8 Å². The van der Waals surface area contributed by atoms with Gasteiger partial charge in [-0.05, 0) is 48.5 Å². The van der Waals surface area contributed by atoms with Gasteiger partial charge in [0.15, 0.2) is 0 Å². The summed E-state index contributed by atoms with van der Waals surface area (Å²) in [4.78, 5) is 19.5. The summed E-state index contributed by atoms with van der Waals surface area (Å²) in [6.07, 6.45) is -2.45. The Morgan fingerprint density at radius 3 is 2.24 bits per heavy atom. The quantitative estimate of drug-likeness (QED) is 0.247. The van der Waals surface area contributed by atoms with Crippen LogP contribution in [-0.4, -0.2) is 24.4 Å². The van der Waals surface area contributed by atoms with Crippen molar-refractivity contribution < 1.29 is 22.7 Å². The van der Waals surface area contributed by atoms with Crippen LogP contribution in [0.5, 0.6) is 5.75 Å². The topological polar surface area (TPSA) is 115 Å². The molecule has 0 saturated carbocycles. The summed E-state index contributed by atoms with van der Waals surface area (Å²) in [5, 5.41) is 2.67. The highest BCUT2D eigenvalue weighted by molar-refractivity contribution is 7.84. The zero-order valence-corrected chi connectivity index (χ0v) is 15.6. The molecule has 152 valence electrons. The standard InChI is InChI=1S/C18H16F3N5O2S/c19-18(20,21)28-14-7-5-12(6-8-14)24-10-25-17(23)11-1-3-13(4-2-11)26-16(27)9-15(22)29/h1-10,29H,22H2,(H,26,27)(H2,23,24,25)/b15-9-. The Balaban J connectivity index is 1.98. The zero-order valence-electron chi connectivity index (χ0n) is 14.7. The molecule has 0 aliphatic rings. The van der Waals surface area contributed by atoms with Crippen molar-refractivity contribution in [1.82, 2.24) is 0 Å². The Hall–Kier alpha value is -3.47. The maximum atomic E-state index is 12.1. The van der Waals surface area contributed by atoms with Crippen molar-refractivity contribution in [2.45, 2.75) is 6.36 Å². The number of thiol groups is 1. The van der Waals surface area contributed by atoms with Crippen molar-refractivity contribution in [1.29, 1.82) is 0 Å². The van der Waals surface area contributed by atoms with Crippen LogP contribution in [-0.2, 0) is 4.79 Å². The maximum absolute atomic E-state index is 12.1. The van der Waals surface area contributed by atoms with E-state index in [1.54, 1.807) is 24.3 Å². The van der Waals surface area contributed by atoms with Crippen LogP contribution in [0, 0.1) is 0 Å². The fourth-order valence-electron chi connectivity index (χ4n) is 2.00. The van der Waals surface area contributed by atoms with Gasteiger partial charge in [-0.2, -0.15) is 0 Å². The molecule has 0 bridgehead atoms. The first-order valence-electron chi connectivity index (χ1n) is 7.91. The van der Waals surface area contributed by atoms with E-state index in [0.29, 0.717) is 16.9 Å². The number of hydrogen-bond acceptors (Lipinski definition) is 5. The second kappa shape index (κ2) is 9.64. The fraction of sp³-hybridized carbons (Fsp3) is 0.0556. The van der Waals surface area contributed by atoms with Gasteiger partial charge in [0.05, 0.1) is 10.7 Å². The van der Waals surface area contributed by atoms with Crippen LogP contribution < -0.4 is 21.5 Å². The van der Waals surface area contributed by atoms with E-state index in [1.807, 2.05) is 0 Å². The Morgan fingerprint density at radius 1 is 1.07 bits per heavy atom. The molecule has 0 fully saturated rings. The Morgan fingerprint density at radius 2 is 1.69 bits per heavy atom. The first kappa shape index (κ1) is 21.8. The van der Waals surface area contributed by atoms with Crippen LogP contribution in [0.1, 0.15) is 5.56 Å². The van der Waals surface area contributed by atoms with Crippen molar-refractivity contribution in [2.75, 3.05) is 5.32 Å². The number of nitrogens with zero attached hydrogens (tertiary/aromatic N) is 2. The van der Waals surface area contributed by atoms with Gasteiger partial charge in [-0.1, -0.05) is 0 Å². The minimum Gasteiger partial charge on any atom is -0.406 e. The number of halogens is 3. The van der Waals surface area contributed by atoms with E-state index in [-0.39, 0.29) is 16.6 Å². The molecule has 5 N–H and O–H groups in total. The molecule has 0 heterocycles. The molecule has 29 heavy (non-hydrogen) atoms. The first-order chi connectivity index (χ1) is 13.6. The van der Waals surface area contributed by atoms with Crippen molar-refractivity contribution in [2.24, 2.45) is 21.5 Å². The molecular weight excluding hydrogens is 407 g/mol. The Bertz CT molecular complexity index is 935. The number of aliphatic imine (C=N–C) groups is 2. The van der Waals surface area contributed by atoms with E-state index in [9.17, 15) is 18.0 Å². The molecule has 2 aromatic carbocycles. The molecule has 0 aromatic heterocycles. The predicted molar refractivity (Wildman–Crippen MR) is 108 cm³/mol. The van der Waals surface area contributed by atoms with Crippen LogP contribution >= 0.6 is 12.6 Å². The third kappa shape index (κ3) is 7.97. The number of carbonyl (C=O) groups is 1. The van der Waals surface area contributed by atoms with Crippen LogP contribution in [0.3, 0.4) is 0 Å².